The molecule has 2 rings (SSSR count). The van der Waals surface area contributed by atoms with Gasteiger partial charge in [0.05, 0.1) is 11.8 Å². The first-order valence-electron chi connectivity index (χ1n) is 7.83. The van der Waals surface area contributed by atoms with Gasteiger partial charge in [0.2, 0.25) is 11.8 Å². The topological polar surface area (TPSA) is 61.4 Å². The first kappa shape index (κ1) is 16.5. The van der Waals surface area contributed by atoms with Crippen LogP contribution >= 0.6 is 0 Å². The Balaban J connectivity index is 1.76. The van der Waals surface area contributed by atoms with Crippen LogP contribution in [0.1, 0.15) is 18.9 Å². The van der Waals surface area contributed by atoms with E-state index in [0.29, 0.717) is 13.0 Å². The molecule has 22 heavy (non-hydrogen) atoms. The van der Waals surface area contributed by atoms with Crippen molar-refractivity contribution in [3.05, 3.63) is 29.8 Å². The van der Waals surface area contributed by atoms with Gasteiger partial charge in [0.25, 0.3) is 0 Å². The molecular formula is C17H25N3O2. The Hall–Kier alpha value is -1.88. The predicted molar refractivity (Wildman–Crippen MR) is 87.6 cm³/mol. The number of amides is 2. The Labute approximate surface area is 132 Å². The van der Waals surface area contributed by atoms with Crippen LogP contribution in [0.5, 0.6) is 0 Å². The summed E-state index contributed by atoms with van der Waals surface area (Å²) in [5.74, 6) is -0.428. The number of rotatable bonds is 7. The van der Waals surface area contributed by atoms with E-state index in [4.69, 9.17) is 0 Å². The SMILES string of the molecule is CCc1ccc(NC(=O)C2CC2C(=O)NCCN(C)C)cc1. The van der Waals surface area contributed by atoms with Gasteiger partial charge >= 0.3 is 0 Å². The van der Waals surface area contributed by atoms with Crippen molar-refractivity contribution >= 4 is 17.5 Å². The monoisotopic (exact) mass is 303 g/mol. The van der Waals surface area contributed by atoms with Crippen LogP contribution in [-0.2, 0) is 16.0 Å². The number of benzene rings is 1. The van der Waals surface area contributed by atoms with Gasteiger partial charge in [0.1, 0.15) is 0 Å². The number of likely N-dealkylation sites (N-methyl/N-ethyl adjacent to an activating group) is 1. The standard InChI is InChI=1S/C17H25N3O2/c1-4-12-5-7-13(8-6-12)19-17(22)15-11-14(15)16(21)18-9-10-20(2)3/h5-8,14-15H,4,9-11H2,1-3H3,(H,18,21)(H,19,22). The highest BCUT2D eigenvalue weighted by molar-refractivity contribution is 5.99. The smallest absolute Gasteiger partial charge is 0.228 e. The lowest BCUT2D eigenvalue weighted by Crippen LogP contribution is -2.33. The Morgan fingerprint density at radius 3 is 2.36 bits per heavy atom. The Morgan fingerprint density at radius 1 is 1.14 bits per heavy atom. The van der Waals surface area contributed by atoms with E-state index in [2.05, 4.69) is 17.6 Å². The van der Waals surface area contributed by atoms with Gasteiger partial charge < -0.3 is 15.5 Å². The molecule has 2 N–H and O–H groups in total. The molecule has 0 heterocycles. The molecular weight excluding hydrogens is 278 g/mol. The molecule has 0 bridgehead atoms. The fourth-order valence-electron chi connectivity index (χ4n) is 2.37. The molecule has 2 unspecified atom stereocenters. The molecule has 0 saturated heterocycles. The molecule has 120 valence electrons. The van der Waals surface area contributed by atoms with Crippen LogP contribution in [0.3, 0.4) is 0 Å². The maximum atomic E-state index is 12.1. The van der Waals surface area contributed by atoms with E-state index < -0.39 is 0 Å². The fourth-order valence-corrected chi connectivity index (χ4v) is 2.37. The summed E-state index contributed by atoms with van der Waals surface area (Å²) in [7, 11) is 3.92. The van der Waals surface area contributed by atoms with Crippen molar-refractivity contribution in [1.29, 1.82) is 0 Å². The van der Waals surface area contributed by atoms with Gasteiger partial charge in [-0.25, -0.2) is 0 Å². The molecule has 0 aromatic heterocycles. The lowest BCUT2D eigenvalue weighted by Gasteiger charge is -2.10. The highest BCUT2D eigenvalue weighted by Gasteiger charge is 2.47. The van der Waals surface area contributed by atoms with Crippen LogP contribution in [0.2, 0.25) is 0 Å². The van der Waals surface area contributed by atoms with Gasteiger partial charge in [0.15, 0.2) is 0 Å². The number of anilines is 1. The summed E-state index contributed by atoms with van der Waals surface area (Å²) >= 11 is 0. The summed E-state index contributed by atoms with van der Waals surface area (Å²) in [6, 6.07) is 7.83. The summed E-state index contributed by atoms with van der Waals surface area (Å²) in [6.45, 7) is 3.52. The maximum Gasteiger partial charge on any atom is 0.228 e. The molecule has 1 aliphatic carbocycles. The van der Waals surface area contributed by atoms with Crippen LogP contribution in [0.15, 0.2) is 24.3 Å². The van der Waals surface area contributed by atoms with E-state index in [9.17, 15) is 9.59 Å². The van der Waals surface area contributed by atoms with Crippen LogP contribution in [0.4, 0.5) is 5.69 Å². The normalized spacial score (nSPS) is 19.8. The second kappa shape index (κ2) is 7.40. The number of carbonyl (C=O) groups excluding carboxylic acids is 2. The third-order valence-corrected chi connectivity index (χ3v) is 3.95. The lowest BCUT2D eigenvalue weighted by atomic mass is 10.1. The van der Waals surface area contributed by atoms with E-state index in [0.717, 1.165) is 18.7 Å². The minimum Gasteiger partial charge on any atom is -0.355 e. The molecule has 1 aromatic carbocycles. The van der Waals surface area contributed by atoms with Crippen molar-refractivity contribution in [3.8, 4) is 0 Å². The highest BCUT2D eigenvalue weighted by atomic mass is 16.2. The molecule has 1 saturated carbocycles. The molecule has 1 aliphatic rings. The molecule has 5 nitrogen and oxygen atoms in total. The van der Waals surface area contributed by atoms with E-state index in [1.54, 1.807) is 0 Å². The van der Waals surface area contributed by atoms with Crippen LogP contribution < -0.4 is 10.6 Å². The minimum atomic E-state index is -0.190. The van der Waals surface area contributed by atoms with Crippen LogP contribution in [0.25, 0.3) is 0 Å². The van der Waals surface area contributed by atoms with Crippen molar-refractivity contribution in [2.24, 2.45) is 11.8 Å². The quantitative estimate of drug-likeness (QED) is 0.802. The van der Waals surface area contributed by atoms with Gasteiger partial charge in [-0.05, 0) is 44.6 Å². The van der Waals surface area contributed by atoms with Crippen molar-refractivity contribution < 1.29 is 9.59 Å². The average molecular weight is 303 g/mol. The number of hydrogen-bond donors (Lipinski definition) is 2. The molecule has 5 heteroatoms. The third kappa shape index (κ3) is 4.56. The number of nitrogens with zero attached hydrogens (tertiary/aromatic N) is 1. The minimum absolute atomic E-state index is 0.0108. The van der Waals surface area contributed by atoms with Gasteiger partial charge in [-0.15, -0.1) is 0 Å². The summed E-state index contributed by atoms with van der Waals surface area (Å²) in [6.07, 6.45) is 1.62. The molecule has 0 radical (unpaired) electrons. The van der Waals surface area contributed by atoms with Crippen LogP contribution in [-0.4, -0.2) is 43.9 Å². The first-order chi connectivity index (χ1) is 10.5. The van der Waals surface area contributed by atoms with E-state index >= 15 is 0 Å². The number of aryl methyl sites for hydroxylation is 1. The zero-order chi connectivity index (χ0) is 16.1. The molecule has 1 fully saturated rings. The Bertz CT molecular complexity index is 525. The second-order valence-corrected chi connectivity index (χ2v) is 6.08. The zero-order valence-electron chi connectivity index (χ0n) is 13.6. The largest absolute Gasteiger partial charge is 0.355 e. The first-order valence-corrected chi connectivity index (χ1v) is 7.83. The van der Waals surface area contributed by atoms with Gasteiger partial charge in [-0.1, -0.05) is 19.1 Å². The third-order valence-electron chi connectivity index (χ3n) is 3.95. The molecule has 0 aliphatic heterocycles. The summed E-state index contributed by atoms with van der Waals surface area (Å²) < 4.78 is 0. The van der Waals surface area contributed by atoms with E-state index in [1.165, 1.54) is 5.56 Å². The Kier molecular flexibility index (Phi) is 5.55. The number of nitrogens with one attached hydrogen (secondary N) is 2. The van der Waals surface area contributed by atoms with E-state index in [-0.39, 0.29) is 23.7 Å². The van der Waals surface area contributed by atoms with Crippen molar-refractivity contribution in [1.82, 2.24) is 10.2 Å². The van der Waals surface area contributed by atoms with Gasteiger partial charge in [-0.2, -0.15) is 0 Å². The van der Waals surface area contributed by atoms with Crippen molar-refractivity contribution in [2.75, 3.05) is 32.5 Å². The lowest BCUT2D eigenvalue weighted by molar-refractivity contribution is -0.125. The second-order valence-electron chi connectivity index (χ2n) is 6.08. The fraction of sp³-hybridized carbons (Fsp3) is 0.529. The number of carbonyl (C=O) groups is 2. The predicted octanol–water partition coefficient (Wildman–Crippen LogP) is 1.50. The Morgan fingerprint density at radius 2 is 1.77 bits per heavy atom. The summed E-state index contributed by atoms with van der Waals surface area (Å²) in [5, 5.41) is 5.77. The van der Waals surface area contributed by atoms with Crippen molar-refractivity contribution in [3.63, 3.8) is 0 Å². The summed E-state index contributed by atoms with van der Waals surface area (Å²) in [5.41, 5.74) is 2.03. The molecule has 2 amide bonds. The summed E-state index contributed by atoms with van der Waals surface area (Å²) in [4.78, 5) is 26.1. The molecule has 2 atom stereocenters. The highest BCUT2D eigenvalue weighted by Crippen LogP contribution is 2.39. The van der Waals surface area contributed by atoms with Crippen molar-refractivity contribution in [2.45, 2.75) is 19.8 Å². The van der Waals surface area contributed by atoms with Gasteiger partial charge in [0, 0.05) is 18.8 Å². The molecule has 1 aromatic rings. The zero-order valence-corrected chi connectivity index (χ0v) is 13.6. The van der Waals surface area contributed by atoms with Crippen LogP contribution in [0, 0.1) is 11.8 Å². The number of hydrogen-bond acceptors (Lipinski definition) is 3. The molecule has 0 spiro atoms. The van der Waals surface area contributed by atoms with Gasteiger partial charge in [-0.3, -0.25) is 9.59 Å². The average Bonchev–Trinajstić information content (AvgIpc) is 3.28. The van der Waals surface area contributed by atoms with E-state index in [1.807, 2.05) is 43.3 Å². The maximum absolute atomic E-state index is 12.1.